The van der Waals surface area contributed by atoms with E-state index in [0.29, 0.717) is 16.3 Å². The third-order valence-corrected chi connectivity index (χ3v) is 6.65. The predicted octanol–water partition coefficient (Wildman–Crippen LogP) is 3.68. The van der Waals surface area contributed by atoms with Crippen LogP contribution in [0.3, 0.4) is 0 Å². The molecular formula is C27H22N4O7S. The van der Waals surface area contributed by atoms with E-state index in [9.17, 15) is 29.1 Å². The molecule has 1 aliphatic heterocycles. The Labute approximate surface area is 226 Å². The van der Waals surface area contributed by atoms with E-state index in [0.717, 1.165) is 18.2 Å². The van der Waals surface area contributed by atoms with Crippen molar-refractivity contribution in [2.75, 3.05) is 10.3 Å². The smallest absolute Gasteiger partial charge is 0.336 e. The average molecular weight is 547 g/mol. The molecule has 1 unspecified atom stereocenters. The number of nitrogens with zero attached hydrogens (tertiary/aromatic N) is 2. The first-order chi connectivity index (χ1) is 18.6. The number of benzene rings is 3. The molecule has 0 bridgehead atoms. The summed E-state index contributed by atoms with van der Waals surface area (Å²) in [7, 11) is 0. The summed E-state index contributed by atoms with van der Waals surface area (Å²) >= 11 is 1.21. The number of amidine groups is 1. The Morgan fingerprint density at radius 2 is 1.64 bits per heavy atom. The van der Waals surface area contributed by atoms with Gasteiger partial charge in [-0.15, -0.1) is 11.8 Å². The molecule has 39 heavy (non-hydrogen) atoms. The van der Waals surface area contributed by atoms with Crippen molar-refractivity contribution in [3.63, 3.8) is 0 Å². The van der Waals surface area contributed by atoms with Gasteiger partial charge in [0.15, 0.2) is 0 Å². The van der Waals surface area contributed by atoms with Crippen LogP contribution in [0.4, 0.5) is 11.4 Å². The minimum Gasteiger partial charge on any atom is -0.478 e. The van der Waals surface area contributed by atoms with Crippen molar-refractivity contribution in [3.05, 3.63) is 89.5 Å². The number of aromatic carboxylic acids is 2. The van der Waals surface area contributed by atoms with Gasteiger partial charge in [-0.2, -0.15) is 10.1 Å². The summed E-state index contributed by atoms with van der Waals surface area (Å²) in [5, 5.41) is 28.7. The molecule has 0 aromatic heterocycles. The van der Waals surface area contributed by atoms with Crippen molar-refractivity contribution in [2.45, 2.75) is 23.5 Å². The second-order valence-corrected chi connectivity index (χ2v) is 9.78. The zero-order valence-corrected chi connectivity index (χ0v) is 21.3. The van der Waals surface area contributed by atoms with Crippen LogP contribution in [-0.2, 0) is 9.59 Å². The minimum absolute atomic E-state index is 0.0364. The van der Waals surface area contributed by atoms with Gasteiger partial charge in [0, 0.05) is 10.6 Å². The Balaban J connectivity index is 1.40. The zero-order valence-electron chi connectivity index (χ0n) is 20.5. The van der Waals surface area contributed by atoms with E-state index in [1.807, 2.05) is 6.07 Å². The number of carbonyl (C=O) groups excluding carboxylic acids is 3. The van der Waals surface area contributed by atoms with Crippen molar-refractivity contribution in [2.24, 2.45) is 5.10 Å². The number of para-hydroxylation sites is 1. The topological polar surface area (TPSA) is 165 Å². The van der Waals surface area contributed by atoms with Gasteiger partial charge in [-0.1, -0.05) is 24.3 Å². The molecule has 3 amide bonds. The van der Waals surface area contributed by atoms with Crippen LogP contribution in [0.25, 0.3) is 0 Å². The van der Waals surface area contributed by atoms with Gasteiger partial charge >= 0.3 is 11.9 Å². The van der Waals surface area contributed by atoms with Gasteiger partial charge in [-0.3, -0.25) is 14.4 Å². The average Bonchev–Trinajstić information content (AvgIpc) is 3.28. The summed E-state index contributed by atoms with van der Waals surface area (Å²) < 4.78 is 0. The fourth-order valence-corrected chi connectivity index (χ4v) is 4.60. The SMILES string of the molecule is CC(Sc1cccc(NC(=O)c2ccc(C(=O)O)cc2C(=O)O)c1)C(=O)NC1=NN(c2ccccc2)C(=O)C1. The highest BCUT2D eigenvalue weighted by molar-refractivity contribution is 8.00. The third kappa shape index (κ3) is 6.48. The van der Waals surface area contributed by atoms with Gasteiger partial charge in [0.1, 0.15) is 5.84 Å². The molecule has 0 spiro atoms. The Morgan fingerprint density at radius 1 is 0.897 bits per heavy atom. The highest BCUT2D eigenvalue weighted by atomic mass is 32.2. The van der Waals surface area contributed by atoms with E-state index in [1.165, 1.54) is 16.8 Å². The molecule has 4 N–H and O–H groups in total. The van der Waals surface area contributed by atoms with Crippen LogP contribution in [0.15, 0.2) is 82.8 Å². The molecule has 12 heteroatoms. The summed E-state index contributed by atoms with van der Waals surface area (Å²) in [5.74, 6) is -3.86. The summed E-state index contributed by atoms with van der Waals surface area (Å²) in [6.07, 6.45) is -0.0364. The number of amides is 3. The van der Waals surface area contributed by atoms with Gasteiger partial charge in [0.2, 0.25) is 5.91 Å². The fourth-order valence-electron chi connectivity index (χ4n) is 3.67. The number of carboxylic acid groups (broad SMARTS) is 2. The highest BCUT2D eigenvalue weighted by Gasteiger charge is 2.27. The number of carboxylic acids is 2. The second kappa shape index (κ2) is 11.6. The number of hydrazone groups is 1. The number of carbonyl (C=O) groups is 5. The maximum absolute atomic E-state index is 12.8. The van der Waals surface area contributed by atoms with Gasteiger partial charge in [0.05, 0.1) is 34.0 Å². The minimum atomic E-state index is -1.44. The number of hydrogen-bond donors (Lipinski definition) is 4. The predicted molar refractivity (Wildman–Crippen MR) is 144 cm³/mol. The normalized spacial score (nSPS) is 13.4. The van der Waals surface area contributed by atoms with Crippen molar-refractivity contribution >= 4 is 58.6 Å². The van der Waals surface area contributed by atoms with E-state index in [4.69, 9.17) is 5.11 Å². The zero-order chi connectivity index (χ0) is 28.1. The van der Waals surface area contributed by atoms with Crippen LogP contribution in [-0.4, -0.2) is 51.0 Å². The molecule has 3 aromatic carbocycles. The molecular weight excluding hydrogens is 524 g/mol. The van der Waals surface area contributed by atoms with E-state index in [1.54, 1.807) is 55.5 Å². The van der Waals surface area contributed by atoms with Crippen LogP contribution in [0.2, 0.25) is 0 Å². The Kier molecular flexibility index (Phi) is 8.06. The Morgan fingerprint density at radius 3 is 2.33 bits per heavy atom. The Bertz CT molecular complexity index is 1510. The number of anilines is 2. The van der Waals surface area contributed by atoms with E-state index < -0.39 is 28.7 Å². The summed E-state index contributed by atoms with van der Waals surface area (Å²) in [4.78, 5) is 61.2. The lowest BCUT2D eigenvalue weighted by atomic mass is 10.0. The van der Waals surface area contributed by atoms with E-state index >= 15 is 0 Å². The molecule has 198 valence electrons. The quantitative estimate of drug-likeness (QED) is 0.311. The van der Waals surface area contributed by atoms with Gasteiger partial charge < -0.3 is 20.8 Å². The van der Waals surface area contributed by atoms with Gasteiger partial charge in [-0.25, -0.2) is 9.59 Å². The lowest BCUT2D eigenvalue weighted by Crippen LogP contribution is -2.35. The first-order valence-corrected chi connectivity index (χ1v) is 12.5. The molecule has 0 saturated heterocycles. The number of rotatable bonds is 8. The molecule has 0 radical (unpaired) electrons. The van der Waals surface area contributed by atoms with Crippen LogP contribution < -0.4 is 15.6 Å². The summed E-state index contributed by atoms with van der Waals surface area (Å²) in [6, 6.07) is 18.7. The monoisotopic (exact) mass is 546 g/mol. The number of nitrogens with one attached hydrogen (secondary N) is 2. The maximum Gasteiger partial charge on any atom is 0.336 e. The Hall–Kier alpha value is -4.97. The van der Waals surface area contributed by atoms with Crippen LogP contribution in [0.1, 0.15) is 44.4 Å². The highest BCUT2D eigenvalue weighted by Crippen LogP contribution is 2.27. The van der Waals surface area contributed by atoms with Gasteiger partial charge in [0.25, 0.3) is 11.8 Å². The first kappa shape index (κ1) is 27.1. The molecule has 1 heterocycles. The molecule has 4 rings (SSSR count). The van der Waals surface area contributed by atoms with E-state index in [2.05, 4.69) is 15.7 Å². The number of hydrogen-bond acceptors (Lipinski definition) is 7. The summed E-state index contributed by atoms with van der Waals surface area (Å²) in [5.41, 5.74) is 0.0503. The lowest BCUT2D eigenvalue weighted by molar-refractivity contribution is -0.118. The maximum atomic E-state index is 12.8. The first-order valence-electron chi connectivity index (χ1n) is 11.6. The molecule has 0 saturated carbocycles. The van der Waals surface area contributed by atoms with Crippen molar-refractivity contribution in [1.29, 1.82) is 0 Å². The molecule has 1 aliphatic rings. The van der Waals surface area contributed by atoms with Crippen molar-refractivity contribution in [3.8, 4) is 0 Å². The molecule has 1 atom stereocenters. The summed E-state index contributed by atoms with van der Waals surface area (Å²) in [6.45, 7) is 1.68. The van der Waals surface area contributed by atoms with E-state index in [-0.39, 0.29) is 35.2 Å². The molecule has 3 aromatic rings. The standard InChI is InChI=1S/C27H22N4O7S/c1-15(24(33)29-22-14-23(32)31(30-22)18-7-3-2-4-8-18)39-19-9-5-6-17(13-19)28-25(34)20-11-10-16(26(35)36)12-21(20)27(37)38/h2-13,15H,14H2,1H3,(H,28,34)(H,35,36)(H,37,38)(H,29,30,33). The van der Waals surface area contributed by atoms with Crippen molar-refractivity contribution in [1.82, 2.24) is 5.32 Å². The van der Waals surface area contributed by atoms with Crippen LogP contribution >= 0.6 is 11.8 Å². The number of thioether (sulfide) groups is 1. The lowest BCUT2D eigenvalue weighted by Gasteiger charge is -2.13. The third-order valence-electron chi connectivity index (χ3n) is 5.56. The van der Waals surface area contributed by atoms with Crippen LogP contribution in [0, 0.1) is 0 Å². The molecule has 0 aliphatic carbocycles. The molecule has 0 fully saturated rings. The fraction of sp³-hybridized carbons (Fsp3) is 0.111. The van der Waals surface area contributed by atoms with Crippen LogP contribution in [0.5, 0.6) is 0 Å². The van der Waals surface area contributed by atoms with Crippen molar-refractivity contribution < 1.29 is 34.2 Å². The molecule has 11 nitrogen and oxygen atoms in total. The largest absolute Gasteiger partial charge is 0.478 e. The van der Waals surface area contributed by atoms with Gasteiger partial charge in [-0.05, 0) is 55.5 Å². The second-order valence-electron chi connectivity index (χ2n) is 8.37.